The molecule has 0 aromatic heterocycles. The molecule has 1 N–H and O–H groups in total. The molecule has 118 valence electrons. The summed E-state index contributed by atoms with van der Waals surface area (Å²) in [6.45, 7) is 15.3. The van der Waals surface area contributed by atoms with Crippen LogP contribution in [0, 0.1) is 24.1 Å². The Bertz CT molecular complexity index is 490. The molecule has 1 aromatic rings. The lowest BCUT2D eigenvalue weighted by Gasteiger charge is -2.48. The molecule has 0 amide bonds. The SMILES string of the molecule is Cc1cc(F)ccc1N1CC(C(C)(C)C)NCC1C(C)C. The number of halogens is 1. The van der Waals surface area contributed by atoms with Gasteiger partial charge >= 0.3 is 0 Å². The highest BCUT2D eigenvalue weighted by atomic mass is 19.1. The molecule has 2 unspecified atom stereocenters. The zero-order chi connectivity index (χ0) is 15.8. The first-order valence-electron chi connectivity index (χ1n) is 7.96. The van der Waals surface area contributed by atoms with E-state index < -0.39 is 0 Å². The van der Waals surface area contributed by atoms with Crippen molar-refractivity contribution in [2.45, 2.75) is 53.6 Å². The topological polar surface area (TPSA) is 15.3 Å². The molecule has 1 aliphatic rings. The fourth-order valence-electron chi connectivity index (χ4n) is 3.16. The van der Waals surface area contributed by atoms with E-state index in [2.05, 4.69) is 44.8 Å². The zero-order valence-electron chi connectivity index (χ0n) is 14.2. The van der Waals surface area contributed by atoms with Crippen LogP contribution in [0.1, 0.15) is 40.2 Å². The van der Waals surface area contributed by atoms with Gasteiger partial charge in [0.25, 0.3) is 0 Å². The van der Waals surface area contributed by atoms with Crippen LogP contribution in [0.15, 0.2) is 18.2 Å². The third-order valence-corrected chi connectivity index (χ3v) is 4.64. The Hall–Kier alpha value is -1.09. The van der Waals surface area contributed by atoms with Crippen molar-refractivity contribution in [1.82, 2.24) is 5.32 Å². The summed E-state index contributed by atoms with van der Waals surface area (Å²) in [7, 11) is 0. The van der Waals surface area contributed by atoms with E-state index in [1.54, 1.807) is 12.1 Å². The summed E-state index contributed by atoms with van der Waals surface area (Å²) in [5.74, 6) is 0.405. The summed E-state index contributed by atoms with van der Waals surface area (Å²) in [4.78, 5) is 2.48. The maximum atomic E-state index is 13.4. The van der Waals surface area contributed by atoms with E-state index in [4.69, 9.17) is 0 Å². The Morgan fingerprint density at radius 1 is 1.29 bits per heavy atom. The van der Waals surface area contributed by atoms with Crippen LogP contribution < -0.4 is 10.2 Å². The maximum Gasteiger partial charge on any atom is 0.123 e. The number of nitrogens with zero attached hydrogens (tertiary/aromatic N) is 1. The molecule has 2 rings (SSSR count). The highest BCUT2D eigenvalue weighted by Crippen LogP contribution is 2.31. The fraction of sp³-hybridized carbons (Fsp3) is 0.667. The summed E-state index contributed by atoms with van der Waals surface area (Å²) in [5, 5.41) is 3.71. The van der Waals surface area contributed by atoms with Crippen LogP contribution in [-0.4, -0.2) is 25.2 Å². The molecule has 0 aliphatic carbocycles. The Morgan fingerprint density at radius 3 is 2.48 bits per heavy atom. The van der Waals surface area contributed by atoms with Gasteiger partial charge in [0.2, 0.25) is 0 Å². The van der Waals surface area contributed by atoms with Crippen LogP contribution in [0.5, 0.6) is 0 Å². The van der Waals surface area contributed by atoms with Gasteiger partial charge in [0, 0.05) is 30.9 Å². The van der Waals surface area contributed by atoms with E-state index >= 15 is 0 Å². The molecule has 21 heavy (non-hydrogen) atoms. The molecule has 2 atom stereocenters. The molecule has 0 spiro atoms. The first-order chi connectivity index (χ1) is 9.70. The Morgan fingerprint density at radius 2 is 1.95 bits per heavy atom. The van der Waals surface area contributed by atoms with Gasteiger partial charge < -0.3 is 10.2 Å². The molecule has 2 nitrogen and oxygen atoms in total. The predicted octanol–water partition coefficient (Wildman–Crippen LogP) is 3.98. The molecule has 1 saturated heterocycles. The molecule has 0 bridgehead atoms. The van der Waals surface area contributed by atoms with Gasteiger partial charge in [-0.2, -0.15) is 0 Å². The van der Waals surface area contributed by atoms with Crippen LogP contribution in [0.25, 0.3) is 0 Å². The summed E-state index contributed by atoms with van der Waals surface area (Å²) >= 11 is 0. The lowest BCUT2D eigenvalue weighted by Crippen LogP contribution is -2.62. The molecule has 3 heteroatoms. The van der Waals surface area contributed by atoms with Crippen LogP contribution in [0.3, 0.4) is 0 Å². The molecule has 0 saturated carbocycles. The maximum absolute atomic E-state index is 13.4. The molecule has 1 aromatic carbocycles. The minimum atomic E-state index is -0.153. The number of rotatable bonds is 2. The first kappa shape index (κ1) is 16.3. The summed E-state index contributed by atoms with van der Waals surface area (Å²) in [6.07, 6.45) is 0. The van der Waals surface area contributed by atoms with Crippen molar-refractivity contribution in [3.05, 3.63) is 29.6 Å². The number of anilines is 1. The van der Waals surface area contributed by atoms with Crippen molar-refractivity contribution in [2.24, 2.45) is 11.3 Å². The molecule has 1 fully saturated rings. The number of nitrogens with one attached hydrogen (secondary N) is 1. The summed E-state index contributed by atoms with van der Waals surface area (Å²) in [5.41, 5.74) is 2.41. The number of hydrogen-bond acceptors (Lipinski definition) is 2. The average molecular weight is 292 g/mol. The largest absolute Gasteiger partial charge is 0.365 e. The van der Waals surface area contributed by atoms with Crippen LogP contribution in [-0.2, 0) is 0 Å². The normalized spacial score (nSPS) is 23.7. The van der Waals surface area contributed by atoms with Crippen molar-refractivity contribution < 1.29 is 4.39 Å². The van der Waals surface area contributed by atoms with Gasteiger partial charge in [0.1, 0.15) is 5.82 Å². The summed E-state index contributed by atoms with van der Waals surface area (Å²) < 4.78 is 13.4. The van der Waals surface area contributed by atoms with E-state index in [1.807, 2.05) is 13.0 Å². The molecule has 1 heterocycles. The quantitative estimate of drug-likeness (QED) is 0.887. The van der Waals surface area contributed by atoms with Crippen LogP contribution >= 0.6 is 0 Å². The minimum Gasteiger partial charge on any atom is -0.365 e. The Labute approximate surface area is 128 Å². The van der Waals surface area contributed by atoms with Gasteiger partial charge in [-0.25, -0.2) is 4.39 Å². The van der Waals surface area contributed by atoms with Crippen molar-refractivity contribution >= 4 is 5.69 Å². The highest BCUT2D eigenvalue weighted by molar-refractivity contribution is 5.55. The molecular formula is C18H29FN2. The van der Waals surface area contributed by atoms with Crippen LogP contribution in [0.2, 0.25) is 0 Å². The number of piperazine rings is 1. The van der Waals surface area contributed by atoms with Crippen molar-refractivity contribution in [2.75, 3.05) is 18.0 Å². The third kappa shape index (κ3) is 3.57. The predicted molar refractivity (Wildman–Crippen MR) is 88.4 cm³/mol. The van der Waals surface area contributed by atoms with E-state index in [0.717, 1.165) is 18.7 Å². The van der Waals surface area contributed by atoms with Gasteiger partial charge in [0.05, 0.1) is 0 Å². The Balaban J connectivity index is 2.34. The number of benzene rings is 1. The van der Waals surface area contributed by atoms with E-state index in [9.17, 15) is 4.39 Å². The zero-order valence-corrected chi connectivity index (χ0v) is 14.2. The van der Waals surface area contributed by atoms with Gasteiger partial charge in [-0.1, -0.05) is 34.6 Å². The third-order valence-electron chi connectivity index (χ3n) is 4.64. The fourth-order valence-corrected chi connectivity index (χ4v) is 3.16. The average Bonchev–Trinajstić information content (AvgIpc) is 2.37. The standard InChI is InChI=1S/C18H29FN2/c1-12(2)16-10-20-17(18(4,5)6)11-21(16)15-8-7-14(19)9-13(15)3/h7-9,12,16-17,20H,10-11H2,1-6H3. The van der Waals surface area contributed by atoms with E-state index in [-0.39, 0.29) is 11.2 Å². The second-order valence-corrected chi connectivity index (χ2v) is 7.72. The number of aryl methyl sites for hydroxylation is 1. The Kier molecular flexibility index (Phi) is 4.62. The van der Waals surface area contributed by atoms with Gasteiger partial charge in [-0.3, -0.25) is 0 Å². The van der Waals surface area contributed by atoms with E-state index in [1.165, 1.54) is 5.69 Å². The second kappa shape index (κ2) is 5.96. The van der Waals surface area contributed by atoms with Crippen molar-refractivity contribution in [3.8, 4) is 0 Å². The minimum absolute atomic E-state index is 0.153. The van der Waals surface area contributed by atoms with Gasteiger partial charge in [-0.05, 0) is 42.0 Å². The smallest absolute Gasteiger partial charge is 0.123 e. The molecule has 0 radical (unpaired) electrons. The lowest BCUT2D eigenvalue weighted by molar-refractivity contribution is 0.220. The highest BCUT2D eigenvalue weighted by Gasteiger charge is 2.35. The van der Waals surface area contributed by atoms with Crippen LogP contribution in [0.4, 0.5) is 10.1 Å². The second-order valence-electron chi connectivity index (χ2n) is 7.72. The van der Waals surface area contributed by atoms with E-state index in [0.29, 0.717) is 18.0 Å². The monoisotopic (exact) mass is 292 g/mol. The van der Waals surface area contributed by atoms with Gasteiger partial charge in [0.15, 0.2) is 0 Å². The number of hydrogen-bond donors (Lipinski definition) is 1. The van der Waals surface area contributed by atoms with Crippen molar-refractivity contribution in [3.63, 3.8) is 0 Å². The van der Waals surface area contributed by atoms with Gasteiger partial charge in [-0.15, -0.1) is 0 Å². The molecule has 1 aliphatic heterocycles. The lowest BCUT2D eigenvalue weighted by atomic mass is 9.83. The first-order valence-corrected chi connectivity index (χ1v) is 7.96. The molecular weight excluding hydrogens is 263 g/mol. The van der Waals surface area contributed by atoms with Crippen molar-refractivity contribution in [1.29, 1.82) is 0 Å². The summed E-state index contributed by atoms with van der Waals surface area (Å²) in [6, 6.07) is 6.05.